The van der Waals surface area contributed by atoms with E-state index in [-0.39, 0.29) is 10.5 Å². The van der Waals surface area contributed by atoms with Gasteiger partial charge in [-0.25, -0.2) is 8.42 Å². The van der Waals surface area contributed by atoms with Crippen LogP contribution < -0.4 is 5.73 Å². The van der Waals surface area contributed by atoms with Crippen molar-refractivity contribution >= 4 is 27.6 Å². The fourth-order valence-corrected chi connectivity index (χ4v) is 5.42. The molecule has 0 aliphatic heterocycles. The first kappa shape index (κ1) is 16.8. The third-order valence-electron chi connectivity index (χ3n) is 3.67. The van der Waals surface area contributed by atoms with Gasteiger partial charge in [-0.05, 0) is 33.1 Å². The van der Waals surface area contributed by atoms with Crippen molar-refractivity contribution in [1.29, 1.82) is 0 Å². The van der Waals surface area contributed by atoms with Gasteiger partial charge in [0, 0.05) is 16.3 Å². The molecular weight excluding hydrogens is 286 g/mol. The van der Waals surface area contributed by atoms with Gasteiger partial charge in [-0.3, -0.25) is 4.79 Å². The summed E-state index contributed by atoms with van der Waals surface area (Å²) in [5.74, 6) is -1.02. The van der Waals surface area contributed by atoms with E-state index in [4.69, 9.17) is 10.8 Å². The first-order chi connectivity index (χ1) is 8.54. The van der Waals surface area contributed by atoms with E-state index in [0.29, 0.717) is 12.8 Å². The van der Waals surface area contributed by atoms with E-state index in [1.165, 1.54) is 18.0 Å². The van der Waals surface area contributed by atoms with Crippen LogP contribution in [0.5, 0.6) is 0 Å². The molecule has 3 N–H and O–H groups in total. The van der Waals surface area contributed by atoms with E-state index in [2.05, 4.69) is 0 Å². The summed E-state index contributed by atoms with van der Waals surface area (Å²) in [5.41, 5.74) is 5.69. The molecule has 1 aliphatic rings. The number of carbonyl (C=O) groups is 1. The Hall–Kier alpha value is -0.270. The highest BCUT2D eigenvalue weighted by Gasteiger charge is 2.38. The van der Waals surface area contributed by atoms with Gasteiger partial charge in [-0.1, -0.05) is 6.42 Å². The molecule has 1 saturated carbocycles. The van der Waals surface area contributed by atoms with E-state index >= 15 is 0 Å². The number of carboxylic acids is 1. The Bertz CT molecular complexity index is 433. The van der Waals surface area contributed by atoms with Gasteiger partial charge in [0.25, 0.3) is 0 Å². The van der Waals surface area contributed by atoms with Crippen molar-refractivity contribution in [2.75, 3.05) is 6.26 Å². The summed E-state index contributed by atoms with van der Waals surface area (Å²) in [6.45, 7) is 3.61. The standard InChI is InChI=1S/C12H23NO4S2/c1-12(2,10(13)11(14)15)18-8-5-4-6-9(7-8)19(3,16)17/h8-10H,4-7,13H2,1-3H3,(H,14,15)/t8?,9?,10-/m1/s1. The van der Waals surface area contributed by atoms with Gasteiger partial charge in [0.1, 0.15) is 15.9 Å². The first-order valence-electron chi connectivity index (χ1n) is 6.39. The number of carboxylic acid groups (broad SMARTS) is 1. The van der Waals surface area contributed by atoms with Gasteiger partial charge in [0.05, 0.1) is 5.25 Å². The molecule has 0 bridgehead atoms. The normalized spacial score (nSPS) is 26.9. The molecule has 19 heavy (non-hydrogen) atoms. The Kier molecular flexibility index (Phi) is 5.31. The molecule has 7 heteroatoms. The van der Waals surface area contributed by atoms with E-state index < -0.39 is 26.6 Å². The van der Waals surface area contributed by atoms with Crippen LogP contribution in [0.1, 0.15) is 39.5 Å². The van der Waals surface area contributed by atoms with Crippen molar-refractivity contribution in [2.45, 2.75) is 60.8 Å². The molecule has 0 radical (unpaired) electrons. The predicted octanol–water partition coefficient (Wildman–Crippen LogP) is 1.27. The van der Waals surface area contributed by atoms with Gasteiger partial charge < -0.3 is 10.8 Å². The van der Waals surface area contributed by atoms with E-state index in [9.17, 15) is 13.2 Å². The summed E-state index contributed by atoms with van der Waals surface area (Å²) in [4.78, 5) is 11.0. The largest absolute Gasteiger partial charge is 0.480 e. The Morgan fingerprint density at radius 3 is 2.47 bits per heavy atom. The second-order valence-electron chi connectivity index (χ2n) is 5.78. The van der Waals surface area contributed by atoms with Crippen LogP contribution in [0.15, 0.2) is 0 Å². The highest BCUT2D eigenvalue weighted by molar-refractivity contribution is 8.01. The second kappa shape index (κ2) is 6.01. The number of nitrogens with two attached hydrogens (primary N) is 1. The SMILES string of the molecule is CC(C)(SC1CCCC(S(C)(=O)=O)C1)[C@H](N)C(=O)O. The van der Waals surface area contributed by atoms with Crippen molar-refractivity contribution in [2.24, 2.45) is 5.73 Å². The number of hydrogen-bond acceptors (Lipinski definition) is 5. The third-order valence-corrected chi connectivity index (χ3v) is 6.93. The van der Waals surface area contributed by atoms with Crippen LogP contribution in [-0.2, 0) is 14.6 Å². The quantitative estimate of drug-likeness (QED) is 0.793. The molecule has 0 heterocycles. The van der Waals surface area contributed by atoms with Crippen molar-refractivity contribution in [1.82, 2.24) is 0 Å². The molecule has 2 unspecified atom stereocenters. The minimum absolute atomic E-state index is 0.161. The average molecular weight is 309 g/mol. The van der Waals surface area contributed by atoms with Crippen molar-refractivity contribution in [3.63, 3.8) is 0 Å². The zero-order chi connectivity index (χ0) is 14.8. The molecule has 0 aromatic carbocycles. The summed E-state index contributed by atoms with van der Waals surface area (Å²) >= 11 is 1.51. The molecule has 0 amide bonds. The number of sulfone groups is 1. The maximum absolute atomic E-state index is 11.6. The van der Waals surface area contributed by atoms with Gasteiger partial charge >= 0.3 is 5.97 Å². The maximum atomic E-state index is 11.6. The molecule has 0 spiro atoms. The van der Waals surface area contributed by atoms with E-state index in [1.54, 1.807) is 13.8 Å². The van der Waals surface area contributed by atoms with Gasteiger partial charge in [-0.15, -0.1) is 0 Å². The smallest absolute Gasteiger partial charge is 0.321 e. The van der Waals surface area contributed by atoms with Crippen LogP contribution in [0, 0.1) is 0 Å². The molecule has 1 aliphatic carbocycles. The minimum Gasteiger partial charge on any atom is -0.480 e. The zero-order valence-corrected chi connectivity index (χ0v) is 13.3. The maximum Gasteiger partial charge on any atom is 0.321 e. The lowest BCUT2D eigenvalue weighted by Gasteiger charge is -2.35. The minimum atomic E-state index is -3.01. The van der Waals surface area contributed by atoms with Crippen LogP contribution in [-0.4, -0.2) is 47.0 Å². The predicted molar refractivity (Wildman–Crippen MR) is 78.2 cm³/mol. The summed E-state index contributed by atoms with van der Waals surface area (Å²) in [7, 11) is -3.01. The fraction of sp³-hybridized carbons (Fsp3) is 0.917. The molecular formula is C12H23NO4S2. The summed E-state index contributed by atoms with van der Waals surface area (Å²) < 4.78 is 22.6. The van der Waals surface area contributed by atoms with E-state index in [0.717, 1.165) is 12.8 Å². The Morgan fingerprint density at radius 1 is 1.42 bits per heavy atom. The van der Waals surface area contributed by atoms with Crippen molar-refractivity contribution in [3.05, 3.63) is 0 Å². The van der Waals surface area contributed by atoms with Crippen LogP contribution >= 0.6 is 11.8 Å². The van der Waals surface area contributed by atoms with E-state index in [1.807, 2.05) is 0 Å². The molecule has 0 aromatic heterocycles. The third kappa shape index (κ3) is 4.65. The molecule has 0 aromatic rings. The summed E-state index contributed by atoms with van der Waals surface area (Å²) in [6, 6.07) is -0.948. The van der Waals surface area contributed by atoms with Crippen LogP contribution in [0.2, 0.25) is 0 Å². The molecule has 0 saturated heterocycles. The Balaban J connectivity index is 2.69. The lowest BCUT2D eigenvalue weighted by molar-refractivity contribution is -0.139. The van der Waals surface area contributed by atoms with Crippen LogP contribution in [0.4, 0.5) is 0 Å². The molecule has 5 nitrogen and oxygen atoms in total. The van der Waals surface area contributed by atoms with Crippen LogP contribution in [0.3, 0.4) is 0 Å². The second-order valence-corrected chi connectivity index (χ2v) is 10.1. The number of aliphatic carboxylic acids is 1. The zero-order valence-electron chi connectivity index (χ0n) is 11.6. The molecule has 3 atom stereocenters. The molecule has 1 rings (SSSR count). The van der Waals surface area contributed by atoms with Gasteiger partial charge in [0.2, 0.25) is 0 Å². The topological polar surface area (TPSA) is 97.5 Å². The highest BCUT2D eigenvalue weighted by Crippen LogP contribution is 2.39. The Morgan fingerprint density at radius 2 is 2.00 bits per heavy atom. The van der Waals surface area contributed by atoms with Gasteiger partial charge in [-0.2, -0.15) is 11.8 Å². The average Bonchev–Trinajstić information content (AvgIpc) is 2.26. The van der Waals surface area contributed by atoms with Crippen molar-refractivity contribution in [3.8, 4) is 0 Å². The fourth-order valence-electron chi connectivity index (χ4n) is 2.40. The number of rotatable bonds is 5. The molecule has 112 valence electrons. The lowest BCUT2D eigenvalue weighted by Crippen LogP contribution is -2.48. The summed E-state index contributed by atoms with van der Waals surface area (Å²) in [6.07, 6.45) is 4.37. The van der Waals surface area contributed by atoms with Crippen LogP contribution in [0.25, 0.3) is 0 Å². The van der Waals surface area contributed by atoms with Gasteiger partial charge in [0.15, 0.2) is 0 Å². The summed E-state index contributed by atoms with van der Waals surface area (Å²) in [5, 5.41) is 8.86. The lowest BCUT2D eigenvalue weighted by atomic mass is 9.99. The highest BCUT2D eigenvalue weighted by atomic mass is 32.2. The number of thioether (sulfide) groups is 1. The molecule has 1 fully saturated rings. The monoisotopic (exact) mass is 309 g/mol. The number of hydrogen-bond donors (Lipinski definition) is 2. The van der Waals surface area contributed by atoms with Crippen molar-refractivity contribution < 1.29 is 18.3 Å². The first-order valence-corrected chi connectivity index (χ1v) is 9.22. The Labute approximate surface area is 119 Å².